The maximum absolute atomic E-state index is 5.70. The number of nitrogens with one attached hydrogen (secondary N) is 1. The molecule has 0 saturated heterocycles. The molecule has 1 rings (SSSR count). The van der Waals surface area contributed by atoms with Gasteiger partial charge in [0, 0.05) is 19.3 Å². The molecule has 1 aliphatic rings. The Morgan fingerprint density at radius 3 is 2.35 bits per heavy atom. The van der Waals surface area contributed by atoms with Crippen LogP contribution in [0.1, 0.15) is 52.9 Å². The Bertz CT molecular complexity index is 189. The molecule has 17 heavy (non-hydrogen) atoms. The number of hydrogen-bond acceptors (Lipinski definition) is 3. The second kappa shape index (κ2) is 8.06. The Kier molecular flexibility index (Phi) is 7.09. The van der Waals surface area contributed by atoms with Crippen LogP contribution in [0.2, 0.25) is 0 Å². The molecular weight excluding hydrogens is 212 g/mol. The van der Waals surface area contributed by atoms with E-state index in [-0.39, 0.29) is 0 Å². The number of hydrazine groups is 1. The van der Waals surface area contributed by atoms with Gasteiger partial charge in [0.05, 0.1) is 0 Å². The van der Waals surface area contributed by atoms with Crippen molar-refractivity contribution >= 4 is 0 Å². The van der Waals surface area contributed by atoms with Crippen LogP contribution in [-0.4, -0.2) is 19.3 Å². The van der Waals surface area contributed by atoms with Crippen molar-refractivity contribution in [1.82, 2.24) is 5.43 Å². The van der Waals surface area contributed by atoms with Gasteiger partial charge < -0.3 is 4.74 Å². The molecule has 3 atom stereocenters. The SMILES string of the molecule is CCCOCCC(NN)C1CC(C)CC(C)C1. The first-order valence-corrected chi connectivity index (χ1v) is 7.21. The van der Waals surface area contributed by atoms with Gasteiger partial charge in [-0.1, -0.05) is 20.8 Å². The molecule has 0 aromatic heterocycles. The van der Waals surface area contributed by atoms with Crippen molar-refractivity contribution in [2.24, 2.45) is 23.6 Å². The first-order chi connectivity index (χ1) is 8.17. The molecule has 0 radical (unpaired) electrons. The molecule has 0 bridgehead atoms. The van der Waals surface area contributed by atoms with E-state index in [9.17, 15) is 0 Å². The summed E-state index contributed by atoms with van der Waals surface area (Å²) in [6.45, 7) is 8.58. The van der Waals surface area contributed by atoms with Crippen molar-refractivity contribution in [1.29, 1.82) is 0 Å². The van der Waals surface area contributed by atoms with E-state index in [4.69, 9.17) is 10.6 Å². The van der Waals surface area contributed by atoms with E-state index in [1.807, 2.05) is 0 Å². The second-order valence-electron chi connectivity index (χ2n) is 5.85. The Balaban J connectivity index is 2.32. The molecule has 0 heterocycles. The summed E-state index contributed by atoms with van der Waals surface area (Å²) in [7, 11) is 0. The fourth-order valence-electron chi connectivity index (χ4n) is 3.25. The molecule has 0 aromatic rings. The first-order valence-electron chi connectivity index (χ1n) is 7.21. The summed E-state index contributed by atoms with van der Waals surface area (Å²) in [5.74, 6) is 8.12. The predicted molar refractivity (Wildman–Crippen MR) is 72.5 cm³/mol. The quantitative estimate of drug-likeness (QED) is 0.410. The van der Waals surface area contributed by atoms with Crippen LogP contribution in [0.3, 0.4) is 0 Å². The average Bonchev–Trinajstić information content (AvgIpc) is 2.28. The fraction of sp³-hybridized carbons (Fsp3) is 1.00. The Hall–Kier alpha value is -0.120. The molecule has 3 nitrogen and oxygen atoms in total. The summed E-state index contributed by atoms with van der Waals surface area (Å²) in [4.78, 5) is 0. The van der Waals surface area contributed by atoms with Crippen LogP contribution in [0.25, 0.3) is 0 Å². The smallest absolute Gasteiger partial charge is 0.0481 e. The lowest BCUT2D eigenvalue weighted by Gasteiger charge is -2.36. The van der Waals surface area contributed by atoms with E-state index in [1.54, 1.807) is 0 Å². The van der Waals surface area contributed by atoms with Crippen molar-refractivity contribution in [2.75, 3.05) is 13.2 Å². The third kappa shape index (κ3) is 5.36. The van der Waals surface area contributed by atoms with Crippen LogP contribution in [0.15, 0.2) is 0 Å². The van der Waals surface area contributed by atoms with Crippen LogP contribution in [-0.2, 0) is 4.74 Å². The number of nitrogens with two attached hydrogens (primary N) is 1. The lowest BCUT2D eigenvalue weighted by atomic mass is 9.73. The third-order valence-electron chi connectivity index (χ3n) is 3.92. The van der Waals surface area contributed by atoms with E-state index in [2.05, 4.69) is 26.2 Å². The second-order valence-corrected chi connectivity index (χ2v) is 5.85. The standard InChI is InChI=1S/C14H30N2O/c1-4-6-17-7-5-14(16-15)13-9-11(2)8-12(3)10-13/h11-14,16H,4-10,15H2,1-3H3. The first kappa shape index (κ1) is 14.9. The van der Waals surface area contributed by atoms with E-state index in [0.29, 0.717) is 6.04 Å². The molecular formula is C14H30N2O. The molecule has 1 fully saturated rings. The van der Waals surface area contributed by atoms with Crippen LogP contribution in [0.4, 0.5) is 0 Å². The van der Waals surface area contributed by atoms with E-state index in [0.717, 1.165) is 43.8 Å². The van der Waals surface area contributed by atoms with Crippen molar-refractivity contribution < 1.29 is 4.74 Å². The zero-order valence-corrected chi connectivity index (χ0v) is 11.7. The average molecular weight is 242 g/mol. The van der Waals surface area contributed by atoms with Gasteiger partial charge >= 0.3 is 0 Å². The highest BCUT2D eigenvalue weighted by Gasteiger charge is 2.29. The van der Waals surface area contributed by atoms with Gasteiger partial charge in [-0.25, -0.2) is 0 Å². The van der Waals surface area contributed by atoms with E-state index in [1.165, 1.54) is 19.3 Å². The van der Waals surface area contributed by atoms with Crippen molar-refractivity contribution in [3.8, 4) is 0 Å². The van der Waals surface area contributed by atoms with Gasteiger partial charge in [-0.2, -0.15) is 0 Å². The van der Waals surface area contributed by atoms with Crippen LogP contribution in [0.5, 0.6) is 0 Å². The highest BCUT2D eigenvalue weighted by atomic mass is 16.5. The molecule has 0 amide bonds. The zero-order valence-electron chi connectivity index (χ0n) is 11.7. The van der Waals surface area contributed by atoms with Crippen LogP contribution < -0.4 is 11.3 Å². The minimum Gasteiger partial charge on any atom is -0.381 e. The Morgan fingerprint density at radius 2 is 1.82 bits per heavy atom. The molecule has 0 spiro atoms. The molecule has 102 valence electrons. The Morgan fingerprint density at radius 1 is 1.18 bits per heavy atom. The highest BCUT2D eigenvalue weighted by Crippen LogP contribution is 2.35. The maximum Gasteiger partial charge on any atom is 0.0481 e. The maximum atomic E-state index is 5.70. The summed E-state index contributed by atoms with van der Waals surface area (Å²) >= 11 is 0. The van der Waals surface area contributed by atoms with Gasteiger partial charge in [0.2, 0.25) is 0 Å². The summed E-state index contributed by atoms with van der Waals surface area (Å²) in [5, 5.41) is 0. The monoisotopic (exact) mass is 242 g/mol. The normalized spacial score (nSPS) is 31.4. The van der Waals surface area contributed by atoms with Gasteiger partial charge in [-0.05, 0) is 49.9 Å². The fourth-order valence-corrected chi connectivity index (χ4v) is 3.25. The van der Waals surface area contributed by atoms with Crippen LogP contribution in [0, 0.1) is 17.8 Å². The molecule has 1 saturated carbocycles. The lowest BCUT2D eigenvalue weighted by molar-refractivity contribution is 0.102. The minimum atomic E-state index is 0.428. The zero-order chi connectivity index (χ0) is 12.7. The summed E-state index contributed by atoms with van der Waals surface area (Å²) in [5.41, 5.74) is 3.01. The van der Waals surface area contributed by atoms with Crippen molar-refractivity contribution in [2.45, 2.75) is 58.9 Å². The Labute approximate surface area is 106 Å². The van der Waals surface area contributed by atoms with Gasteiger partial charge in [-0.15, -0.1) is 0 Å². The van der Waals surface area contributed by atoms with Crippen molar-refractivity contribution in [3.05, 3.63) is 0 Å². The van der Waals surface area contributed by atoms with Crippen LogP contribution >= 0.6 is 0 Å². The molecule has 3 unspecified atom stereocenters. The topological polar surface area (TPSA) is 47.3 Å². The van der Waals surface area contributed by atoms with Crippen molar-refractivity contribution in [3.63, 3.8) is 0 Å². The largest absolute Gasteiger partial charge is 0.381 e. The number of ether oxygens (including phenoxy) is 1. The molecule has 0 aromatic carbocycles. The van der Waals surface area contributed by atoms with E-state index >= 15 is 0 Å². The van der Waals surface area contributed by atoms with Gasteiger partial charge in [0.15, 0.2) is 0 Å². The van der Waals surface area contributed by atoms with Gasteiger partial charge in [0.1, 0.15) is 0 Å². The highest BCUT2D eigenvalue weighted by molar-refractivity contribution is 4.82. The lowest BCUT2D eigenvalue weighted by Crippen LogP contribution is -2.44. The van der Waals surface area contributed by atoms with Gasteiger partial charge in [-0.3, -0.25) is 11.3 Å². The van der Waals surface area contributed by atoms with Gasteiger partial charge in [0.25, 0.3) is 0 Å². The number of rotatable bonds is 7. The summed E-state index contributed by atoms with van der Waals surface area (Å²) < 4.78 is 5.56. The minimum absolute atomic E-state index is 0.428. The predicted octanol–water partition coefficient (Wildman–Crippen LogP) is 2.71. The molecule has 1 aliphatic carbocycles. The molecule has 0 aliphatic heterocycles. The molecule has 3 N–H and O–H groups in total. The third-order valence-corrected chi connectivity index (χ3v) is 3.92. The summed E-state index contributed by atoms with van der Waals surface area (Å²) in [6.07, 6.45) is 6.14. The molecule has 3 heteroatoms. The van der Waals surface area contributed by atoms with E-state index < -0.39 is 0 Å². The number of hydrogen-bond donors (Lipinski definition) is 2. The summed E-state index contributed by atoms with van der Waals surface area (Å²) in [6, 6.07) is 0.428.